The van der Waals surface area contributed by atoms with Crippen molar-refractivity contribution in [3.8, 4) is 5.75 Å². The van der Waals surface area contributed by atoms with Crippen molar-refractivity contribution in [3.63, 3.8) is 0 Å². The maximum atomic E-state index is 14.4. The molecular weight excluding hydrogens is 926 g/mol. The number of fused-ring (bicyclic) bond motifs is 1. The fourth-order valence-corrected chi connectivity index (χ4v) is 5.95. The van der Waals surface area contributed by atoms with E-state index >= 15 is 0 Å². The normalized spacial score (nSPS) is 12.5. The quantitative estimate of drug-likeness (QED) is 0.0569. The molecule has 0 saturated carbocycles. The van der Waals surface area contributed by atoms with Crippen LogP contribution in [0.3, 0.4) is 0 Å². The second kappa shape index (κ2) is 39.2. The highest BCUT2D eigenvalue weighted by molar-refractivity contribution is 6.01. The van der Waals surface area contributed by atoms with Crippen molar-refractivity contribution < 1.29 is 99.2 Å². The molecule has 22 nitrogen and oxygen atoms in total. The minimum atomic E-state index is -1.47. The van der Waals surface area contributed by atoms with Crippen molar-refractivity contribution in [2.75, 3.05) is 159 Å². The number of carbonyl (C=O) groups is 5. The van der Waals surface area contributed by atoms with Crippen molar-refractivity contribution >= 4 is 41.4 Å². The van der Waals surface area contributed by atoms with Crippen LogP contribution in [0.2, 0.25) is 0 Å². The molecule has 3 amide bonds. The molecule has 392 valence electrons. The Morgan fingerprint density at radius 1 is 0.609 bits per heavy atom. The van der Waals surface area contributed by atoms with Gasteiger partial charge in [0.15, 0.2) is 17.1 Å². The van der Waals surface area contributed by atoms with E-state index in [9.17, 15) is 37.9 Å². The molecule has 1 aromatic carbocycles. The first-order valence-electron chi connectivity index (χ1n) is 22.7. The Balaban J connectivity index is 0.00000805. The highest BCUT2D eigenvalue weighted by Crippen LogP contribution is 2.28. The summed E-state index contributed by atoms with van der Waals surface area (Å²) in [4.78, 5) is 76.1. The lowest BCUT2D eigenvalue weighted by Gasteiger charge is -2.22. The zero-order valence-electron chi connectivity index (χ0n) is 39.4. The first-order chi connectivity index (χ1) is 33.6. The Kier molecular flexibility index (Phi) is 34.3. The minimum Gasteiger partial charge on any atom is -0.503 e. The number of aromatic hydroxyl groups is 1. The molecule has 69 heavy (non-hydrogen) atoms. The molecule has 1 aromatic heterocycles. The summed E-state index contributed by atoms with van der Waals surface area (Å²) in [5, 5.41) is 9.81. The van der Waals surface area contributed by atoms with Crippen LogP contribution >= 0.6 is 0 Å². The highest BCUT2D eigenvalue weighted by Gasteiger charge is 2.32. The molecule has 24 heteroatoms. The molecule has 3 rings (SSSR count). The first-order valence-corrected chi connectivity index (χ1v) is 22.7. The summed E-state index contributed by atoms with van der Waals surface area (Å²) in [5.41, 5.74) is -2.35. The minimum absolute atomic E-state index is 0.0233. The van der Waals surface area contributed by atoms with Gasteiger partial charge < -0.3 is 76.2 Å². The van der Waals surface area contributed by atoms with Crippen LogP contribution in [0.15, 0.2) is 21.3 Å². The lowest BCUT2D eigenvalue weighted by molar-refractivity contribution is -0.197. The van der Waals surface area contributed by atoms with Crippen LogP contribution in [-0.4, -0.2) is 204 Å². The van der Waals surface area contributed by atoms with E-state index in [4.69, 9.17) is 66.2 Å². The average Bonchev–Trinajstić information content (AvgIpc) is 3.66. The fourth-order valence-electron chi connectivity index (χ4n) is 5.95. The number of hydrogen-bond acceptors (Lipinski definition) is 20. The number of imide groups is 1. The number of phenols is 1. The van der Waals surface area contributed by atoms with Crippen molar-refractivity contribution in [1.82, 2.24) is 9.96 Å². The smallest absolute Gasteiger partial charge is 0.349 e. The Hall–Kier alpha value is -4.60. The largest absolute Gasteiger partial charge is 0.503 e. The SMILES string of the molecule is C=O.COCCOCCOCCOCCOCCOCCOCCOCCOCCOCCOCCCN(CCCCCC(=O)ON1C(=O)CCC1=O)C(=O)c1cc2cc(F)c(O)c(F)c2oc1=O. The lowest BCUT2D eigenvalue weighted by Crippen LogP contribution is -2.36. The molecule has 1 saturated heterocycles. The van der Waals surface area contributed by atoms with E-state index in [2.05, 4.69) is 0 Å². The second-order valence-electron chi connectivity index (χ2n) is 14.5. The molecule has 2 heterocycles. The summed E-state index contributed by atoms with van der Waals surface area (Å²) >= 11 is 0. The summed E-state index contributed by atoms with van der Waals surface area (Å²) in [6.45, 7) is 11.3. The van der Waals surface area contributed by atoms with E-state index in [1.165, 1.54) is 4.90 Å². The highest BCUT2D eigenvalue weighted by atomic mass is 19.1. The van der Waals surface area contributed by atoms with Crippen molar-refractivity contribution in [2.45, 2.75) is 44.9 Å². The standard InChI is InChI=1S/C44H66F2N2O19.CH2O/c1-55-12-13-57-16-17-59-20-21-61-24-25-63-28-29-65-31-30-64-27-26-62-23-22-60-19-18-58-15-14-56-11-5-10-47(9-4-2-3-6-39(51)67-48-37(49)7-8-38(48)50)43(53)35-32-34-33-36(45)41(52)40(46)42(34)66-44(35)54;1-2/h32-33,52H,2-31H2,1H3;1H2. The third kappa shape index (κ3) is 26.3. The fraction of sp³-hybridized carbons (Fsp3) is 0.689. The summed E-state index contributed by atoms with van der Waals surface area (Å²) in [5.74, 6) is -6.76. The number of carbonyl (C=O) groups excluding carboxylic acids is 5. The van der Waals surface area contributed by atoms with Gasteiger partial charge in [-0.1, -0.05) is 6.42 Å². The predicted octanol–water partition coefficient (Wildman–Crippen LogP) is 2.40. The molecule has 0 aliphatic carbocycles. The van der Waals surface area contributed by atoms with E-state index in [1.807, 2.05) is 6.79 Å². The average molecular weight is 995 g/mol. The maximum Gasteiger partial charge on any atom is 0.349 e. The van der Waals surface area contributed by atoms with Gasteiger partial charge in [0.1, 0.15) is 12.4 Å². The topological polar surface area (TPSA) is 253 Å². The number of hydroxylamine groups is 2. The lowest BCUT2D eigenvalue weighted by atomic mass is 10.1. The van der Waals surface area contributed by atoms with Crippen LogP contribution in [0, 0.1) is 11.6 Å². The van der Waals surface area contributed by atoms with Crippen molar-refractivity contribution in [3.05, 3.63) is 39.8 Å². The number of benzene rings is 1. The number of hydrogen-bond donors (Lipinski definition) is 1. The number of rotatable bonds is 42. The van der Waals surface area contributed by atoms with Crippen LogP contribution in [0.1, 0.15) is 55.3 Å². The van der Waals surface area contributed by atoms with Crippen LogP contribution in [0.4, 0.5) is 8.78 Å². The molecule has 2 aromatic rings. The van der Waals surface area contributed by atoms with E-state index in [0.29, 0.717) is 156 Å². The van der Waals surface area contributed by atoms with Gasteiger partial charge in [0, 0.05) is 51.5 Å². The Morgan fingerprint density at radius 2 is 1.01 bits per heavy atom. The van der Waals surface area contributed by atoms with Gasteiger partial charge in [0.25, 0.3) is 17.7 Å². The van der Waals surface area contributed by atoms with Crippen LogP contribution in [0.5, 0.6) is 5.75 Å². The predicted molar refractivity (Wildman–Crippen MR) is 237 cm³/mol. The molecule has 1 fully saturated rings. The van der Waals surface area contributed by atoms with E-state index in [1.54, 1.807) is 7.11 Å². The molecule has 0 atom stereocenters. The number of ether oxygens (including phenoxy) is 11. The molecule has 0 unspecified atom stereocenters. The molecule has 1 N–H and O–H groups in total. The monoisotopic (exact) mass is 994 g/mol. The number of methoxy groups -OCH3 is 1. The van der Waals surface area contributed by atoms with Gasteiger partial charge in [0.05, 0.1) is 132 Å². The number of nitrogens with zero attached hydrogens (tertiary/aromatic N) is 2. The van der Waals surface area contributed by atoms with Crippen LogP contribution < -0.4 is 5.63 Å². The van der Waals surface area contributed by atoms with Gasteiger partial charge in [-0.3, -0.25) is 14.4 Å². The molecule has 0 bridgehead atoms. The van der Waals surface area contributed by atoms with Crippen molar-refractivity contribution in [2.24, 2.45) is 0 Å². The van der Waals surface area contributed by atoms with Crippen LogP contribution in [-0.2, 0) is 76.1 Å². The molecular formula is C45H68F2N2O20. The van der Waals surface area contributed by atoms with Gasteiger partial charge in [0.2, 0.25) is 5.82 Å². The first kappa shape index (κ1) is 60.5. The second-order valence-corrected chi connectivity index (χ2v) is 14.5. The Morgan fingerprint density at radius 3 is 1.45 bits per heavy atom. The maximum absolute atomic E-state index is 14.4. The Bertz CT molecular complexity index is 1790. The van der Waals surface area contributed by atoms with E-state index < -0.39 is 57.8 Å². The third-order valence-electron chi connectivity index (χ3n) is 9.41. The Labute approximate surface area is 399 Å². The summed E-state index contributed by atoms with van der Waals surface area (Å²) in [6.07, 6.45) is 1.35. The number of amides is 3. The molecule has 0 radical (unpaired) electrons. The van der Waals surface area contributed by atoms with E-state index in [-0.39, 0.29) is 51.0 Å². The van der Waals surface area contributed by atoms with Gasteiger partial charge in [-0.15, -0.1) is 5.06 Å². The molecule has 1 aliphatic rings. The zero-order valence-corrected chi connectivity index (χ0v) is 39.4. The van der Waals surface area contributed by atoms with Gasteiger partial charge >= 0.3 is 11.6 Å². The van der Waals surface area contributed by atoms with Crippen molar-refractivity contribution in [1.29, 1.82) is 0 Å². The van der Waals surface area contributed by atoms with E-state index in [0.717, 1.165) is 12.1 Å². The van der Waals surface area contributed by atoms with Gasteiger partial charge in [-0.05, 0) is 31.4 Å². The molecule has 0 spiro atoms. The number of unbranched alkanes of at least 4 members (excludes halogenated alkanes) is 2. The van der Waals surface area contributed by atoms with Gasteiger partial charge in [-0.25, -0.2) is 14.0 Å². The van der Waals surface area contributed by atoms with Gasteiger partial charge in [-0.2, -0.15) is 4.39 Å². The summed E-state index contributed by atoms with van der Waals surface area (Å²) in [6, 6.07) is 1.75. The zero-order chi connectivity index (χ0) is 50.3. The summed E-state index contributed by atoms with van der Waals surface area (Å²) < 4.78 is 93.0. The third-order valence-corrected chi connectivity index (χ3v) is 9.41. The molecule has 1 aliphatic heterocycles. The number of halogens is 2. The summed E-state index contributed by atoms with van der Waals surface area (Å²) in [7, 11) is 1.63. The van der Waals surface area contributed by atoms with Crippen LogP contribution in [0.25, 0.3) is 11.0 Å². The number of phenolic OH excluding ortho intramolecular Hbond substituents is 1.